The Labute approximate surface area is 88.2 Å². The Morgan fingerprint density at radius 1 is 1.21 bits per heavy atom. The van der Waals surface area contributed by atoms with Gasteiger partial charge in [0.1, 0.15) is 0 Å². The maximum Gasteiger partial charge on any atom is 0.0957 e. The van der Waals surface area contributed by atoms with Gasteiger partial charge in [0, 0.05) is 19.5 Å². The van der Waals surface area contributed by atoms with E-state index in [1.54, 1.807) is 0 Å². The standard InChI is InChI=1S/C12H24N2/c1-3-5-11-7-9-14(10-8-11)12(13)6-4-2/h11,13H,3-10H2,1-2H3. The number of nitrogens with zero attached hydrogens (tertiary/aromatic N) is 1. The average Bonchev–Trinajstić information content (AvgIpc) is 2.20. The minimum absolute atomic E-state index is 0.863. The number of hydrogen-bond donors (Lipinski definition) is 1. The molecule has 0 unspecified atom stereocenters. The van der Waals surface area contributed by atoms with Gasteiger partial charge >= 0.3 is 0 Å². The molecule has 1 heterocycles. The zero-order valence-electron chi connectivity index (χ0n) is 9.68. The van der Waals surface area contributed by atoms with Crippen molar-refractivity contribution in [3.63, 3.8) is 0 Å². The predicted molar refractivity (Wildman–Crippen MR) is 61.8 cm³/mol. The molecule has 0 radical (unpaired) electrons. The molecule has 2 nitrogen and oxygen atoms in total. The molecule has 1 aliphatic heterocycles. The van der Waals surface area contributed by atoms with Crippen LogP contribution >= 0.6 is 0 Å². The minimum atomic E-state index is 0.863. The van der Waals surface area contributed by atoms with Gasteiger partial charge in [0.15, 0.2) is 0 Å². The van der Waals surface area contributed by atoms with Gasteiger partial charge in [-0.3, -0.25) is 5.41 Å². The summed E-state index contributed by atoms with van der Waals surface area (Å²) in [6.07, 6.45) is 7.37. The van der Waals surface area contributed by atoms with Crippen LogP contribution in [0.1, 0.15) is 52.4 Å². The van der Waals surface area contributed by atoms with Crippen molar-refractivity contribution in [1.82, 2.24) is 4.90 Å². The molecule has 82 valence electrons. The first-order valence-electron chi connectivity index (χ1n) is 6.10. The van der Waals surface area contributed by atoms with Crippen LogP contribution in [0.15, 0.2) is 0 Å². The summed E-state index contributed by atoms with van der Waals surface area (Å²) in [4.78, 5) is 2.27. The Morgan fingerprint density at radius 2 is 1.86 bits per heavy atom. The van der Waals surface area contributed by atoms with Crippen LogP contribution in [0.5, 0.6) is 0 Å². The fraction of sp³-hybridized carbons (Fsp3) is 0.917. The van der Waals surface area contributed by atoms with Gasteiger partial charge in [-0.25, -0.2) is 0 Å². The van der Waals surface area contributed by atoms with Crippen molar-refractivity contribution in [2.45, 2.75) is 52.4 Å². The van der Waals surface area contributed by atoms with E-state index in [9.17, 15) is 0 Å². The molecule has 0 aliphatic carbocycles. The Balaban J connectivity index is 2.24. The molecule has 0 aromatic heterocycles. The van der Waals surface area contributed by atoms with Gasteiger partial charge in [-0.15, -0.1) is 0 Å². The summed E-state index contributed by atoms with van der Waals surface area (Å²) in [7, 11) is 0. The molecule has 0 bridgehead atoms. The topological polar surface area (TPSA) is 27.1 Å². The smallest absolute Gasteiger partial charge is 0.0957 e. The third-order valence-corrected chi connectivity index (χ3v) is 3.18. The molecule has 14 heavy (non-hydrogen) atoms. The monoisotopic (exact) mass is 196 g/mol. The molecule has 1 aliphatic rings. The van der Waals surface area contributed by atoms with E-state index in [2.05, 4.69) is 18.7 Å². The lowest BCUT2D eigenvalue weighted by molar-refractivity contribution is 0.250. The third-order valence-electron chi connectivity index (χ3n) is 3.18. The lowest BCUT2D eigenvalue weighted by atomic mass is 9.92. The summed E-state index contributed by atoms with van der Waals surface area (Å²) in [5, 5.41) is 7.88. The van der Waals surface area contributed by atoms with Crippen molar-refractivity contribution in [2.24, 2.45) is 5.92 Å². The van der Waals surface area contributed by atoms with Crippen LogP contribution in [0, 0.1) is 11.3 Å². The van der Waals surface area contributed by atoms with Crippen molar-refractivity contribution in [3.05, 3.63) is 0 Å². The normalized spacial score (nSPS) is 18.6. The summed E-state index contributed by atoms with van der Waals surface area (Å²) < 4.78 is 0. The van der Waals surface area contributed by atoms with Gasteiger partial charge in [-0.1, -0.05) is 26.7 Å². The Bertz CT molecular complexity index is 169. The van der Waals surface area contributed by atoms with Crippen LogP contribution in [-0.4, -0.2) is 23.8 Å². The lowest BCUT2D eigenvalue weighted by Crippen LogP contribution is -2.37. The van der Waals surface area contributed by atoms with E-state index in [0.717, 1.165) is 37.7 Å². The van der Waals surface area contributed by atoms with Gasteiger partial charge in [0.25, 0.3) is 0 Å². The molecule has 0 aromatic carbocycles. The van der Waals surface area contributed by atoms with Gasteiger partial charge in [-0.2, -0.15) is 0 Å². The van der Waals surface area contributed by atoms with Crippen LogP contribution in [-0.2, 0) is 0 Å². The number of nitrogens with one attached hydrogen (secondary N) is 1. The number of hydrogen-bond acceptors (Lipinski definition) is 1. The number of likely N-dealkylation sites (tertiary alicyclic amines) is 1. The van der Waals surface area contributed by atoms with Crippen molar-refractivity contribution >= 4 is 5.84 Å². The second-order valence-corrected chi connectivity index (χ2v) is 4.42. The molecular formula is C12H24N2. The zero-order chi connectivity index (χ0) is 10.4. The number of piperidine rings is 1. The van der Waals surface area contributed by atoms with E-state index >= 15 is 0 Å². The molecule has 1 N–H and O–H groups in total. The Morgan fingerprint density at radius 3 is 2.36 bits per heavy atom. The second kappa shape index (κ2) is 6.05. The summed E-state index contributed by atoms with van der Waals surface area (Å²) in [6.45, 7) is 6.68. The number of rotatable bonds is 4. The molecule has 2 heteroatoms. The van der Waals surface area contributed by atoms with Gasteiger partial charge in [0.05, 0.1) is 5.84 Å². The fourth-order valence-electron chi connectivity index (χ4n) is 2.29. The highest BCUT2D eigenvalue weighted by atomic mass is 15.2. The predicted octanol–water partition coefficient (Wildman–Crippen LogP) is 3.28. The van der Waals surface area contributed by atoms with Crippen LogP contribution in [0.3, 0.4) is 0 Å². The highest BCUT2D eigenvalue weighted by Crippen LogP contribution is 2.22. The van der Waals surface area contributed by atoms with Crippen molar-refractivity contribution in [1.29, 1.82) is 5.41 Å². The van der Waals surface area contributed by atoms with Gasteiger partial charge < -0.3 is 4.90 Å². The summed E-state index contributed by atoms with van der Waals surface area (Å²) in [6, 6.07) is 0. The summed E-state index contributed by atoms with van der Waals surface area (Å²) >= 11 is 0. The van der Waals surface area contributed by atoms with Crippen LogP contribution in [0.2, 0.25) is 0 Å². The first-order valence-corrected chi connectivity index (χ1v) is 6.10. The van der Waals surface area contributed by atoms with E-state index in [1.165, 1.54) is 25.7 Å². The molecule has 0 aromatic rings. The fourth-order valence-corrected chi connectivity index (χ4v) is 2.29. The first kappa shape index (κ1) is 11.5. The Kier molecular flexibility index (Phi) is 4.99. The first-order chi connectivity index (χ1) is 6.77. The van der Waals surface area contributed by atoms with E-state index in [0.29, 0.717) is 0 Å². The summed E-state index contributed by atoms with van der Waals surface area (Å²) in [5.41, 5.74) is 0. The number of amidine groups is 1. The summed E-state index contributed by atoms with van der Waals surface area (Å²) in [5.74, 6) is 1.80. The molecule has 1 rings (SSSR count). The molecule has 0 saturated carbocycles. The van der Waals surface area contributed by atoms with Crippen molar-refractivity contribution < 1.29 is 0 Å². The molecule has 0 spiro atoms. The van der Waals surface area contributed by atoms with Gasteiger partial charge in [0.2, 0.25) is 0 Å². The van der Waals surface area contributed by atoms with Crippen LogP contribution in [0.4, 0.5) is 0 Å². The van der Waals surface area contributed by atoms with E-state index < -0.39 is 0 Å². The molecule has 0 atom stereocenters. The molecular weight excluding hydrogens is 172 g/mol. The van der Waals surface area contributed by atoms with E-state index in [4.69, 9.17) is 5.41 Å². The highest BCUT2D eigenvalue weighted by Gasteiger charge is 2.19. The van der Waals surface area contributed by atoms with Crippen LogP contribution < -0.4 is 0 Å². The second-order valence-electron chi connectivity index (χ2n) is 4.42. The maximum absolute atomic E-state index is 7.88. The van der Waals surface area contributed by atoms with E-state index in [1.807, 2.05) is 0 Å². The molecule has 0 amide bonds. The molecule has 1 saturated heterocycles. The Hall–Kier alpha value is -0.530. The largest absolute Gasteiger partial charge is 0.361 e. The average molecular weight is 196 g/mol. The van der Waals surface area contributed by atoms with Crippen LogP contribution in [0.25, 0.3) is 0 Å². The van der Waals surface area contributed by atoms with Crippen molar-refractivity contribution in [2.75, 3.05) is 13.1 Å². The lowest BCUT2D eigenvalue weighted by Gasteiger charge is -2.33. The van der Waals surface area contributed by atoms with Gasteiger partial charge in [-0.05, 0) is 25.2 Å². The molecule has 1 fully saturated rings. The SMILES string of the molecule is CCCC(=N)N1CCC(CCC)CC1. The minimum Gasteiger partial charge on any atom is -0.361 e. The maximum atomic E-state index is 7.88. The highest BCUT2D eigenvalue weighted by molar-refractivity contribution is 5.79. The zero-order valence-corrected chi connectivity index (χ0v) is 9.68. The third kappa shape index (κ3) is 3.32. The van der Waals surface area contributed by atoms with Crippen molar-refractivity contribution in [3.8, 4) is 0 Å². The van der Waals surface area contributed by atoms with E-state index in [-0.39, 0.29) is 0 Å². The quantitative estimate of drug-likeness (QED) is 0.542.